The van der Waals surface area contributed by atoms with Gasteiger partial charge in [0.25, 0.3) is 0 Å². The highest BCUT2D eigenvalue weighted by Gasteiger charge is 2.36. The molecule has 1 unspecified atom stereocenters. The molecule has 5 aromatic carbocycles. The van der Waals surface area contributed by atoms with Gasteiger partial charge in [-0.2, -0.15) is 0 Å². The van der Waals surface area contributed by atoms with Crippen molar-refractivity contribution in [2.75, 3.05) is 16.6 Å². The SMILES string of the molecule is CC(=O)C1CCC(C(=O)OCC(=O)OC2CCC(C(=O)Oc3cc(CNN(c4ccccc4)c4ccccc4)c(OC(=O)C4CCC(OC(=O)C(C)OC(=O)C5CCC(C(C)=O)CC5)CC4)cc3CNN(c3ccccc3)c3ccccc3)CC2)CC1. The summed E-state index contributed by atoms with van der Waals surface area (Å²) >= 11 is 0. The molecule has 1 atom stereocenters. The van der Waals surface area contributed by atoms with Gasteiger partial charge in [-0.15, -0.1) is 0 Å². The van der Waals surface area contributed by atoms with E-state index in [1.165, 1.54) is 6.92 Å². The number of esters is 6. The van der Waals surface area contributed by atoms with Gasteiger partial charge in [-0.25, -0.2) is 20.4 Å². The van der Waals surface area contributed by atoms with Crippen molar-refractivity contribution >= 4 is 70.1 Å². The van der Waals surface area contributed by atoms with Crippen LogP contribution in [0, 0.1) is 35.5 Å². The maximum absolute atomic E-state index is 14.5. The van der Waals surface area contributed by atoms with E-state index in [1.54, 1.807) is 26.0 Å². The van der Waals surface area contributed by atoms with Gasteiger partial charge in [0.15, 0.2) is 12.7 Å². The number of benzene rings is 5. The number of para-hydroxylation sites is 4. The zero-order chi connectivity index (χ0) is 61.2. The molecule has 4 saturated carbocycles. The van der Waals surface area contributed by atoms with Gasteiger partial charge in [0.2, 0.25) is 0 Å². The number of carbonyl (C=O) groups excluding carboxylic acids is 8. The Morgan fingerprint density at radius 3 is 1.11 bits per heavy atom. The van der Waals surface area contributed by atoms with Crippen molar-refractivity contribution in [3.63, 3.8) is 0 Å². The van der Waals surface area contributed by atoms with E-state index in [0.29, 0.717) is 114 Å². The first-order valence-electron chi connectivity index (χ1n) is 30.8. The van der Waals surface area contributed by atoms with Crippen molar-refractivity contribution in [3.05, 3.63) is 145 Å². The van der Waals surface area contributed by atoms with Gasteiger partial charge < -0.3 is 28.4 Å². The monoisotopic (exact) mass is 1190 g/mol. The van der Waals surface area contributed by atoms with Crippen molar-refractivity contribution in [3.8, 4) is 11.5 Å². The molecule has 4 fully saturated rings. The molecule has 0 spiro atoms. The first-order chi connectivity index (χ1) is 42.1. The number of ether oxygens (including phenoxy) is 6. The minimum absolute atomic E-state index is 0.0439. The first kappa shape index (κ1) is 63.3. The van der Waals surface area contributed by atoms with Crippen molar-refractivity contribution in [2.24, 2.45) is 35.5 Å². The molecule has 4 aliphatic carbocycles. The average Bonchev–Trinajstić information content (AvgIpc) is 2.98. The molecule has 0 amide bonds. The van der Waals surface area contributed by atoms with Gasteiger partial charge in [-0.1, -0.05) is 72.8 Å². The summed E-state index contributed by atoms with van der Waals surface area (Å²) in [4.78, 5) is 105. The van der Waals surface area contributed by atoms with E-state index in [-0.39, 0.29) is 59.8 Å². The number of Topliss-reactive ketones (excluding diaryl/α,β-unsaturated/α-hetero) is 2. The second-order valence-electron chi connectivity index (χ2n) is 23.5. The van der Waals surface area contributed by atoms with E-state index in [0.717, 1.165) is 22.7 Å². The van der Waals surface area contributed by atoms with E-state index in [1.807, 2.05) is 131 Å². The Kier molecular flexibility index (Phi) is 22.5. The second kappa shape index (κ2) is 30.9. The molecular weight excluding hydrogens is 1110 g/mol. The van der Waals surface area contributed by atoms with Gasteiger partial charge >= 0.3 is 35.8 Å². The fourth-order valence-corrected chi connectivity index (χ4v) is 12.1. The Morgan fingerprint density at radius 2 is 0.747 bits per heavy atom. The lowest BCUT2D eigenvalue weighted by Gasteiger charge is -2.30. The van der Waals surface area contributed by atoms with Crippen LogP contribution in [0.1, 0.15) is 135 Å². The highest BCUT2D eigenvalue weighted by atomic mass is 16.6. The molecule has 2 N–H and O–H groups in total. The van der Waals surface area contributed by atoms with E-state index in [9.17, 15) is 38.4 Å². The molecule has 4 aliphatic rings. The fourth-order valence-electron chi connectivity index (χ4n) is 12.1. The van der Waals surface area contributed by atoms with Gasteiger partial charge in [0, 0.05) is 36.1 Å². The largest absolute Gasteiger partial charge is 0.460 e. The van der Waals surface area contributed by atoms with Gasteiger partial charge in [0.1, 0.15) is 35.3 Å². The Morgan fingerprint density at radius 1 is 0.425 bits per heavy atom. The topological polar surface area (TPSA) is 222 Å². The summed E-state index contributed by atoms with van der Waals surface area (Å²) in [7, 11) is 0. The fraction of sp³-hybridized carbons (Fsp3) is 0.449. The first-order valence-corrected chi connectivity index (χ1v) is 30.8. The van der Waals surface area contributed by atoms with Crippen LogP contribution < -0.4 is 30.3 Å². The molecule has 0 aromatic heterocycles. The normalized spacial score (nSPS) is 22.2. The average molecular weight is 1190 g/mol. The zero-order valence-corrected chi connectivity index (χ0v) is 49.9. The number of hydrogen-bond donors (Lipinski definition) is 2. The molecule has 460 valence electrons. The van der Waals surface area contributed by atoms with E-state index < -0.39 is 72.6 Å². The van der Waals surface area contributed by atoms with Crippen molar-refractivity contribution in [1.82, 2.24) is 10.9 Å². The lowest BCUT2D eigenvalue weighted by atomic mass is 9.80. The molecule has 0 heterocycles. The summed E-state index contributed by atoms with van der Waals surface area (Å²) in [5, 5.41) is 3.85. The van der Waals surface area contributed by atoms with Crippen molar-refractivity contribution < 1.29 is 66.8 Å². The smallest absolute Gasteiger partial charge is 0.347 e. The Balaban J connectivity index is 0.915. The Bertz CT molecular complexity index is 3050. The minimum atomic E-state index is -1.12. The number of hydrazine groups is 2. The molecule has 0 radical (unpaired) electrons. The van der Waals surface area contributed by atoms with Crippen LogP contribution in [0.2, 0.25) is 0 Å². The van der Waals surface area contributed by atoms with E-state index >= 15 is 0 Å². The third kappa shape index (κ3) is 17.7. The Labute approximate surface area is 508 Å². The van der Waals surface area contributed by atoms with Crippen LogP contribution in [0.5, 0.6) is 11.5 Å². The number of rotatable bonds is 24. The molecule has 87 heavy (non-hydrogen) atoms. The number of anilines is 4. The van der Waals surface area contributed by atoms with Gasteiger partial charge in [-0.3, -0.25) is 38.8 Å². The molecule has 9 rings (SSSR count). The summed E-state index contributed by atoms with van der Waals surface area (Å²) in [5.74, 6) is -4.41. The molecule has 5 aromatic rings. The van der Waals surface area contributed by atoms with Crippen LogP contribution in [0.4, 0.5) is 22.7 Å². The number of nitrogens with zero attached hydrogens (tertiary/aromatic N) is 2. The third-order valence-corrected chi connectivity index (χ3v) is 17.4. The van der Waals surface area contributed by atoms with Crippen molar-refractivity contribution in [2.45, 2.75) is 155 Å². The number of ketones is 2. The number of hydrogen-bond acceptors (Lipinski definition) is 18. The summed E-state index contributed by atoms with van der Waals surface area (Å²) in [5.41, 5.74) is 11.5. The van der Waals surface area contributed by atoms with Gasteiger partial charge in [0.05, 0.1) is 46.4 Å². The molecule has 0 aliphatic heterocycles. The summed E-state index contributed by atoms with van der Waals surface area (Å²) in [6, 6.07) is 42.4. The quantitative estimate of drug-likeness (QED) is 0.0254. The van der Waals surface area contributed by atoms with Crippen LogP contribution in [0.25, 0.3) is 0 Å². The maximum atomic E-state index is 14.5. The van der Waals surface area contributed by atoms with Crippen LogP contribution in [0.15, 0.2) is 133 Å². The molecule has 0 saturated heterocycles. The molecule has 0 bridgehead atoms. The standard InChI is InChI=1S/C69H80N4O14/c1-45(74)48-24-28-50(29-25-48)66(78)82-44-64(76)84-60-36-32-52(33-37-60)68(80)86-62-40-55(43-71-73(58-20-12-6-13-21-58)59-22-14-7-15-23-59)63(41-54(62)42-70-72(56-16-8-4-9-17-56)57-18-10-5-11-19-57)87-69(81)53-34-38-61(39-35-53)85-65(77)47(3)83-67(79)51-30-26-49(27-31-51)46(2)75/h4-23,40-41,47-53,60-61,70-71H,24-39,42-44H2,1-3H3. The van der Waals surface area contributed by atoms with Crippen molar-refractivity contribution in [1.29, 1.82) is 0 Å². The third-order valence-electron chi connectivity index (χ3n) is 17.4. The van der Waals surface area contributed by atoms with Crippen LogP contribution in [-0.2, 0) is 70.4 Å². The van der Waals surface area contributed by atoms with Crippen LogP contribution in [0.3, 0.4) is 0 Å². The number of carbonyl (C=O) groups is 8. The second-order valence-corrected chi connectivity index (χ2v) is 23.5. The summed E-state index contributed by atoms with van der Waals surface area (Å²) in [6.45, 7) is 4.32. The molecule has 18 nitrogen and oxygen atoms in total. The van der Waals surface area contributed by atoms with E-state index in [2.05, 4.69) is 10.9 Å². The van der Waals surface area contributed by atoms with E-state index in [4.69, 9.17) is 28.4 Å². The minimum Gasteiger partial charge on any atom is -0.460 e. The lowest BCUT2D eigenvalue weighted by Crippen LogP contribution is -2.36. The maximum Gasteiger partial charge on any atom is 0.347 e. The highest BCUT2D eigenvalue weighted by Crippen LogP contribution is 2.37. The summed E-state index contributed by atoms with van der Waals surface area (Å²) in [6.07, 6.45) is 5.47. The summed E-state index contributed by atoms with van der Waals surface area (Å²) < 4.78 is 35.4. The molecule has 18 heteroatoms. The van der Waals surface area contributed by atoms with Crippen LogP contribution >= 0.6 is 0 Å². The number of nitrogens with one attached hydrogen (secondary N) is 2. The highest BCUT2D eigenvalue weighted by molar-refractivity contribution is 5.83. The predicted molar refractivity (Wildman–Crippen MR) is 324 cm³/mol. The lowest BCUT2D eigenvalue weighted by molar-refractivity contribution is -0.174. The molecular formula is C69H80N4O14. The predicted octanol–water partition coefficient (Wildman–Crippen LogP) is 11.7. The Hall–Kier alpha value is -8.22. The zero-order valence-electron chi connectivity index (χ0n) is 49.9. The van der Waals surface area contributed by atoms with Crippen LogP contribution in [-0.4, -0.2) is 72.3 Å². The van der Waals surface area contributed by atoms with Gasteiger partial charge in [-0.05, 0) is 184 Å².